The van der Waals surface area contributed by atoms with E-state index in [1.54, 1.807) is 6.92 Å². The molecule has 3 rings (SSSR count). The molecule has 0 fully saturated rings. The van der Waals surface area contributed by atoms with Gasteiger partial charge in [0.1, 0.15) is 17.3 Å². The number of nitrogens with zero attached hydrogens (tertiary/aromatic N) is 2. The van der Waals surface area contributed by atoms with Crippen LogP contribution in [-0.4, -0.2) is 40.0 Å². The van der Waals surface area contributed by atoms with Crippen LogP contribution < -0.4 is 10.1 Å². The van der Waals surface area contributed by atoms with Crippen LogP contribution in [0.25, 0.3) is 22.6 Å². The minimum atomic E-state index is -4.83. The van der Waals surface area contributed by atoms with Crippen LogP contribution in [-0.2, 0) is 0 Å². The lowest BCUT2D eigenvalue weighted by Crippen LogP contribution is -2.35. The highest BCUT2D eigenvalue weighted by Gasteiger charge is 2.31. The molecule has 32 heavy (non-hydrogen) atoms. The van der Waals surface area contributed by atoms with Crippen LogP contribution >= 0.6 is 11.6 Å². The van der Waals surface area contributed by atoms with E-state index in [0.717, 1.165) is 18.2 Å². The highest BCUT2D eigenvalue weighted by molar-refractivity contribution is 6.31. The van der Waals surface area contributed by atoms with Crippen LogP contribution in [0.15, 0.2) is 48.5 Å². The monoisotopic (exact) mass is 469 g/mol. The van der Waals surface area contributed by atoms with Crippen molar-refractivity contribution >= 4 is 17.5 Å². The predicted molar refractivity (Wildman–Crippen MR) is 109 cm³/mol. The summed E-state index contributed by atoms with van der Waals surface area (Å²) in [4.78, 5) is 21.1. The molecule has 0 bridgehead atoms. The minimum absolute atomic E-state index is 0.0434. The van der Waals surface area contributed by atoms with E-state index in [0.29, 0.717) is 11.1 Å². The molecule has 2 N–H and O–H groups in total. The van der Waals surface area contributed by atoms with Gasteiger partial charge in [-0.15, -0.1) is 13.2 Å². The third-order valence-electron chi connectivity index (χ3n) is 4.17. The number of aliphatic hydroxyl groups excluding tert-OH is 1. The molecule has 0 spiro atoms. The number of benzene rings is 2. The molecule has 0 radical (unpaired) electrons. The number of ether oxygens (including phenoxy) is 1. The summed E-state index contributed by atoms with van der Waals surface area (Å²) in [5, 5.41) is 11.5. The first-order chi connectivity index (χ1) is 15.1. The molecule has 0 aliphatic heterocycles. The van der Waals surface area contributed by atoms with Crippen molar-refractivity contribution in [3.05, 3.63) is 65.1 Å². The van der Waals surface area contributed by atoms with Crippen molar-refractivity contribution < 1.29 is 32.2 Å². The van der Waals surface area contributed by atoms with E-state index in [2.05, 4.69) is 20.0 Å². The molecule has 168 valence electrons. The number of rotatable bonds is 6. The van der Waals surface area contributed by atoms with Crippen molar-refractivity contribution in [2.24, 2.45) is 0 Å². The van der Waals surface area contributed by atoms with Crippen LogP contribution in [0.2, 0.25) is 5.02 Å². The minimum Gasteiger partial charge on any atom is -0.406 e. The summed E-state index contributed by atoms with van der Waals surface area (Å²) in [6.07, 6.45) is -4.83. The van der Waals surface area contributed by atoms with Gasteiger partial charge in [-0.25, -0.2) is 14.4 Å². The first-order valence-electron chi connectivity index (χ1n) is 9.18. The summed E-state index contributed by atoms with van der Waals surface area (Å²) >= 11 is 5.84. The Balaban J connectivity index is 2.05. The number of aliphatic hydroxyl groups is 1. The number of carbonyl (C=O) groups excluding carboxylic acids is 1. The second-order valence-electron chi connectivity index (χ2n) is 6.72. The van der Waals surface area contributed by atoms with Crippen LogP contribution in [0.1, 0.15) is 17.4 Å². The van der Waals surface area contributed by atoms with Crippen molar-refractivity contribution in [1.82, 2.24) is 15.3 Å². The third kappa shape index (κ3) is 5.92. The number of hydrogen-bond acceptors (Lipinski definition) is 5. The van der Waals surface area contributed by atoms with E-state index < -0.39 is 29.9 Å². The summed E-state index contributed by atoms with van der Waals surface area (Å²) < 4.78 is 54.6. The molecule has 0 saturated carbocycles. The Morgan fingerprint density at radius 1 is 1.12 bits per heavy atom. The molecule has 6 nitrogen and oxygen atoms in total. The van der Waals surface area contributed by atoms with Gasteiger partial charge in [-0.3, -0.25) is 4.79 Å². The van der Waals surface area contributed by atoms with Gasteiger partial charge in [-0.1, -0.05) is 11.6 Å². The lowest BCUT2D eigenvalue weighted by Gasteiger charge is -2.13. The molecule has 1 aromatic heterocycles. The van der Waals surface area contributed by atoms with Crippen LogP contribution in [0.4, 0.5) is 17.6 Å². The molecule has 1 atom stereocenters. The first kappa shape index (κ1) is 23.4. The molecule has 2 aromatic carbocycles. The van der Waals surface area contributed by atoms with Gasteiger partial charge in [0.2, 0.25) is 0 Å². The normalized spacial score (nSPS) is 12.3. The Bertz CT molecular complexity index is 1120. The van der Waals surface area contributed by atoms with Gasteiger partial charge < -0.3 is 15.2 Å². The molecule has 1 amide bonds. The zero-order chi connectivity index (χ0) is 23.5. The summed E-state index contributed by atoms with van der Waals surface area (Å²) in [5.41, 5.74) is 0.845. The van der Waals surface area contributed by atoms with E-state index in [9.17, 15) is 22.4 Å². The average Bonchev–Trinajstić information content (AvgIpc) is 2.74. The largest absolute Gasteiger partial charge is 0.573 e. The zero-order valence-corrected chi connectivity index (χ0v) is 17.2. The highest BCUT2D eigenvalue weighted by atomic mass is 35.5. The van der Waals surface area contributed by atoms with Gasteiger partial charge in [0.25, 0.3) is 5.91 Å². The Morgan fingerprint density at radius 2 is 1.78 bits per heavy atom. The van der Waals surface area contributed by atoms with E-state index >= 15 is 0 Å². The van der Waals surface area contributed by atoms with E-state index in [4.69, 9.17) is 16.7 Å². The van der Waals surface area contributed by atoms with Gasteiger partial charge in [-0.05, 0) is 55.5 Å². The van der Waals surface area contributed by atoms with Crippen molar-refractivity contribution in [2.45, 2.75) is 19.3 Å². The third-order valence-corrected chi connectivity index (χ3v) is 4.46. The Labute approximate surface area is 184 Å². The molecule has 0 saturated heterocycles. The Hall–Kier alpha value is -3.24. The maximum absolute atomic E-state index is 13.6. The van der Waals surface area contributed by atoms with Crippen molar-refractivity contribution in [3.8, 4) is 28.4 Å². The smallest absolute Gasteiger partial charge is 0.406 e. The first-order valence-corrected chi connectivity index (χ1v) is 9.56. The van der Waals surface area contributed by atoms with Gasteiger partial charge in [-0.2, -0.15) is 0 Å². The second-order valence-corrected chi connectivity index (χ2v) is 7.13. The number of carbonyl (C=O) groups is 1. The quantitative estimate of drug-likeness (QED) is 0.515. The van der Waals surface area contributed by atoms with E-state index in [-0.39, 0.29) is 28.8 Å². The summed E-state index contributed by atoms with van der Waals surface area (Å²) in [6.45, 7) is 1.28. The van der Waals surface area contributed by atoms with Gasteiger partial charge >= 0.3 is 6.36 Å². The fraction of sp³-hybridized carbons (Fsp3) is 0.190. The molecule has 0 aliphatic carbocycles. The van der Waals surface area contributed by atoms with Gasteiger partial charge in [0.15, 0.2) is 5.82 Å². The predicted octanol–water partition coefficient (Wildman–Crippen LogP) is 4.61. The lowest BCUT2D eigenvalue weighted by atomic mass is 10.1. The van der Waals surface area contributed by atoms with Crippen molar-refractivity contribution in [2.75, 3.05) is 6.61 Å². The number of aromatic nitrogens is 2. The number of halogens is 5. The maximum Gasteiger partial charge on any atom is 0.573 e. The maximum atomic E-state index is 13.6. The van der Waals surface area contributed by atoms with Crippen molar-refractivity contribution in [3.63, 3.8) is 0 Å². The van der Waals surface area contributed by atoms with Crippen LogP contribution in [0.5, 0.6) is 5.75 Å². The molecule has 3 aromatic rings. The molecule has 1 unspecified atom stereocenters. The molecule has 0 aliphatic rings. The lowest BCUT2D eigenvalue weighted by molar-refractivity contribution is -0.274. The standard InChI is InChI=1S/C21H16ClF4N3O3/c1-11(10-30)27-20(31)18-9-17(12-2-5-14(6-3-12)32-21(24,25)26)28-19(29-18)13-4-7-16(23)15(22)8-13/h2-9,11,30H,10H2,1H3,(H,27,31). The molecule has 1 heterocycles. The van der Waals surface area contributed by atoms with Crippen molar-refractivity contribution in [1.29, 1.82) is 0 Å². The fourth-order valence-corrected chi connectivity index (χ4v) is 2.83. The number of nitrogens with one attached hydrogen (secondary N) is 1. The fourth-order valence-electron chi connectivity index (χ4n) is 2.65. The summed E-state index contributed by atoms with van der Waals surface area (Å²) in [5.74, 6) is -1.64. The van der Waals surface area contributed by atoms with E-state index in [1.807, 2.05) is 0 Å². The zero-order valence-electron chi connectivity index (χ0n) is 16.5. The van der Waals surface area contributed by atoms with E-state index in [1.165, 1.54) is 30.3 Å². The highest BCUT2D eigenvalue weighted by Crippen LogP contribution is 2.28. The topological polar surface area (TPSA) is 84.3 Å². The van der Waals surface area contributed by atoms with Gasteiger partial charge in [0, 0.05) is 17.2 Å². The Kier molecular flexibility index (Phi) is 6.95. The molecular formula is C21H16ClF4N3O3. The van der Waals surface area contributed by atoms with Crippen LogP contribution in [0, 0.1) is 5.82 Å². The van der Waals surface area contributed by atoms with Gasteiger partial charge in [0.05, 0.1) is 17.3 Å². The number of alkyl halides is 3. The Morgan fingerprint density at radius 3 is 2.38 bits per heavy atom. The van der Waals surface area contributed by atoms with Crippen LogP contribution in [0.3, 0.4) is 0 Å². The SMILES string of the molecule is CC(CO)NC(=O)c1cc(-c2ccc(OC(F)(F)F)cc2)nc(-c2ccc(F)c(Cl)c2)n1. The second kappa shape index (κ2) is 9.49. The number of amides is 1. The molecule has 11 heteroatoms. The summed E-state index contributed by atoms with van der Waals surface area (Å²) in [7, 11) is 0. The average molecular weight is 470 g/mol. The summed E-state index contributed by atoms with van der Waals surface area (Å²) in [6, 6.07) is 9.44. The molecular weight excluding hydrogens is 454 g/mol. The number of hydrogen-bond donors (Lipinski definition) is 2.